The van der Waals surface area contributed by atoms with Gasteiger partial charge in [-0.2, -0.15) is 0 Å². The van der Waals surface area contributed by atoms with Gasteiger partial charge in [0.15, 0.2) is 0 Å². The van der Waals surface area contributed by atoms with Crippen LogP contribution < -0.4 is 9.79 Å². The second kappa shape index (κ2) is 12.0. The zero-order valence-corrected chi connectivity index (χ0v) is 15.6. The van der Waals surface area contributed by atoms with Crippen molar-refractivity contribution in [3.63, 3.8) is 0 Å². The van der Waals surface area contributed by atoms with Crippen molar-refractivity contribution in [3.05, 3.63) is 0 Å². The molecule has 0 aromatic carbocycles. The molecule has 0 saturated carbocycles. The Balaban J connectivity index is -0.000000218. The fourth-order valence-corrected chi connectivity index (χ4v) is 1.54. The second-order valence-corrected chi connectivity index (χ2v) is 6.81. The topological polar surface area (TPSA) is 98.7 Å². The molecule has 0 aromatic heterocycles. The van der Waals surface area contributed by atoms with Gasteiger partial charge in [-0.15, -0.1) is 0 Å². The van der Waals surface area contributed by atoms with Crippen molar-refractivity contribution in [2.24, 2.45) is 0 Å². The van der Waals surface area contributed by atoms with Crippen LogP contribution in [0.1, 0.15) is 26.7 Å². The maximum atomic E-state index is 10.2. The maximum absolute atomic E-state index is 10.2. The minimum absolute atomic E-state index is 0. The molecule has 0 radical (unpaired) electrons. The molecule has 0 amide bonds. The van der Waals surface area contributed by atoms with Crippen molar-refractivity contribution in [1.29, 1.82) is 0 Å². The van der Waals surface area contributed by atoms with Crippen molar-refractivity contribution >= 4 is 15.2 Å². The van der Waals surface area contributed by atoms with Crippen molar-refractivity contribution in [2.75, 3.05) is 26.5 Å². The van der Waals surface area contributed by atoms with Gasteiger partial charge in [0.2, 0.25) is 0 Å². The van der Waals surface area contributed by atoms with E-state index >= 15 is 0 Å². The molecule has 0 rings (SSSR count). The number of hydrogen-bond acceptors (Lipinski definition) is 6. The minimum atomic E-state index is -3.43. The average molecular weight is 340 g/mol. The van der Waals surface area contributed by atoms with E-state index < -0.39 is 15.2 Å². The van der Waals surface area contributed by atoms with Gasteiger partial charge in [0, 0.05) is 13.3 Å². The zero-order chi connectivity index (χ0) is 13.2. The fraction of sp³-hybridized carbons (Fsp3) is 1.00. The van der Waals surface area contributed by atoms with E-state index in [1.165, 1.54) is 0 Å². The molecule has 0 aromatic rings. The molecule has 6 nitrogen and oxygen atoms in total. The molecular weight excluding hydrogens is 319 g/mol. The molecule has 0 aliphatic heterocycles. The quantitative estimate of drug-likeness (QED) is 0.532. The third kappa shape index (κ3) is 31.6. The largest absolute Gasteiger partial charge is 2.00 e. The Labute approximate surface area is 116 Å². The van der Waals surface area contributed by atoms with E-state index in [2.05, 4.69) is 9.05 Å². The van der Waals surface area contributed by atoms with Gasteiger partial charge in [0.1, 0.15) is 15.2 Å². The first-order valence-corrected chi connectivity index (χ1v) is 8.96. The summed E-state index contributed by atoms with van der Waals surface area (Å²) in [6.45, 7) is 6.46. The predicted octanol–water partition coefficient (Wildman–Crippen LogP) is 1.19. The van der Waals surface area contributed by atoms with E-state index in [1.807, 2.05) is 13.8 Å². The Hall–Kier alpha value is 0.923. The van der Waals surface area contributed by atoms with E-state index in [4.69, 9.17) is 0 Å². The van der Waals surface area contributed by atoms with Crippen molar-refractivity contribution in [3.8, 4) is 0 Å². The van der Waals surface area contributed by atoms with E-state index in [9.17, 15) is 18.9 Å². The molecule has 0 heterocycles. The van der Waals surface area contributed by atoms with Crippen LogP contribution in [0.15, 0.2) is 0 Å². The fourth-order valence-electron chi connectivity index (χ4n) is 0.514. The Morgan fingerprint density at radius 3 is 1.18 bits per heavy atom. The molecule has 0 bridgehead atoms. The van der Waals surface area contributed by atoms with Crippen molar-refractivity contribution < 1.29 is 47.4 Å². The van der Waals surface area contributed by atoms with Gasteiger partial charge in [0.05, 0.1) is 13.2 Å². The summed E-state index contributed by atoms with van der Waals surface area (Å²) >= 11 is 0. The van der Waals surface area contributed by atoms with Crippen LogP contribution in [0.2, 0.25) is 0 Å². The van der Waals surface area contributed by atoms with Gasteiger partial charge >= 0.3 is 19.5 Å². The van der Waals surface area contributed by atoms with Crippen molar-refractivity contribution in [1.82, 2.24) is 0 Å². The third-order valence-electron chi connectivity index (χ3n) is 1.06. The molecule has 9 heteroatoms. The van der Waals surface area contributed by atoms with Crippen LogP contribution in [0, 0.1) is 0 Å². The van der Waals surface area contributed by atoms with Crippen LogP contribution in [0.4, 0.5) is 0 Å². The van der Waals surface area contributed by atoms with E-state index in [1.54, 1.807) is 0 Å². The molecule has 100 valence electrons. The summed E-state index contributed by atoms with van der Waals surface area (Å²) in [4.78, 5) is 20.4. The minimum Gasteiger partial charge on any atom is -0.779 e. The molecule has 0 fully saturated rings. The third-order valence-corrected chi connectivity index (χ3v) is 2.36. The SMILES string of the molecule is CCCOP(C)(=O)[O-].CCCOP(C)(=O)[O-].[Zn+2]. The smallest absolute Gasteiger partial charge is 0.779 e. The summed E-state index contributed by atoms with van der Waals surface area (Å²) in [5, 5.41) is 0. The normalized spacial score (nSPS) is 16.8. The molecule has 0 N–H and O–H groups in total. The number of rotatable bonds is 6. The van der Waals surface area contributed by atoms with Gasteiger partial charge in [-0.05, 0) is 12.8 Å². The maximum Gasteiger partial charge on any atom is 2.00 e. The summed E-state index contributed by atoms with van der Waals surface area (Å²) in [6, 6.07) is 0. The molecule has 0 saturated heterocycles. The summed E-state index contributed by atoms with van der Waals surface area (Å²) in [5.41, 5.74) is 0. The van der Waals surface area contributed by atoms with Gasteiger partial charge in [-0.1, -0.05) is 13.8 Å². The average Bonchev–Trinajstić information content (AvgIpc) is 2.10. The van der Waals surface area contributed by atoms with Crippen LogP contribution in [0.5, 0.6) is 0 Å². The molecular formula is C8H20O6P2Zn. The molecule has 0 spiro atoms. The summed E-state index contributed by atoms with van der Waals surface area (Å²) < 4.78 is 29.1. The van der Waals surface area contributed by atoms with Crippen LogP contribution >= 0.6 is 15.2 Å². The molecule has 2 unspecified atom stereocenters. The van der Waals surface area contributed by atoms with Gasteiger partial charge in [0.25, 0.3) is 0 Å². The zero-order valence-electron chi connectivity index (χ0n) is 10.9. The summed E-state index contributed by atoms with van der Waals surface area (Å²) in [7, 11) is -6.86. The second-order valence-electron chi connectivity index (χ2n) is 3.21. The number of hydrogen-bond donors (Lipinski definition) is 0. The first-order valence-electron chi connectivity index (χ1n) is 4.98. The van der Waals surface area contributed by atoms with Gasteiger partial charge < -0.3 is 28.0 Å². The first-order chi connectivity index (χ1) is 7.12. The first kappa shape index (κ1) is 23.0. The standard InChI is InChI=1S/2C4H11O3P.Zn/c2*1-3-4-7-8(2,5)6;/h2*3-4H2,1-2H3,(H,5,6);/q;;+2/p-2. The van der Waals surface area contributed by atoms with Crippen molar-refractivity contribution in [2.45, 2.75) is 26.7 Å². The van der Waals surface area contributed by atoms with Crippen LogP contribution in [0.3, 0.4) is 0 Å². The van der Waals surface area contributed by atoms with E-state index in [0.29, 0.717) is 13.2 Å². The van der Waals surface area contributed by atoms with Gasteiger partial charge in [-0.25, -0.2) is 0 Å². The van der Waals surface area contributed by atoms with Gasteiger partial charge in [-0.3, -0.25) is 0 Å². The molecule has 17 heavy (non-hydrogen) atoms. The van der Waals surface area contributed by atoms with E-state index in [-0.39, 0.29) is 19.5 Å². The molecule has 0 aliphatic carbocycles. The Kier molecular flexibility index (Phi) is 16.2. The summed E-state index contributed by atoms with van der Waals surface area (Å²) in [6.07, 6.45) is 1.47. The van der Waals surface area contributed by atoms with Crippen LogP contribution in [-0.4, -0.2) is 26.5 Å². The molecule has 0 aliphatic rings. The van der Waals surface area contributed by atoms with Crippen LogP contribution in [0.25, 0.3) is 0 Å². The monoisotopic (exact) mass is 338 g/mol. The predicted molar refractivity (Wildman–Crippen MR) is 59.5 cm³/mol. The Bertz CT molecular complexity index is 222. The Morgan fingerprint density at radius 2 is 1.12 bits per heavy atom. The van der Waals surface area contributed by atoms with E-state index in [0.717, 1.165) is 26.2 Å². The van der Waals surface area contributed by atoms with Crippen LogP contribution in [-0.2, 0) is 37.7 Å². The Morgan fingerprint density at radius 1 is 0.882 bits per heavy atom. The molecule has 2 atom stereocenters. The summed E-state index contributed by atoms with van der Waals surface area (Å²) in [5.74, 6) is 0.